The van der Waals surface area contributed by atoms with Gasteiger partial charge in [0.05, 0.1) is 23.0 Å². The minimum absolute atomic E-state index is 0.257. The number of amides is 2. The Bertz CT molecular complexity index is 1870. The maximum absolute atomic E-state index is 12.9. The van der Waals surface area contributed by atoms with E-state index < -0.39 is 14.0 Å². The SMILES string of the molecule is C[Si](C)(C)CCOCn1ncc2cc(-c3cccc(C(N)=O)c3-c3nc(CCCCN4CCCC4=O)cn3-c3ccccc3)ccc21. The largest absolute Gasteiger partial charge is 0.366 e. The lowest BCUT2D eigenvalue weighted by atomic mass is 9.93. The van der Waals surface area contributed by atoms with Crippen molar-refractivity contribution in [3.8, 4) is 28.2 Å². The summed E-state index contributed by atoms with van der Waals surface area (Å²) in [5.41, 5.74) is 11.8. The lowest BCUT2D eigenvalue weighted by Crippen LogP contribution is -2.25. The van der Waals surface area contributed by atoms with E-state index in [0.29, 0.717) is 30.1 Å². The summed E-state index contributed by atoms with van der Waals surface area (Å²) >= 11 is 0. The number of carbonyl (C=O) groups excluding carboxylic acids is 2. The van der Waals surface area contributed by atoms with Crippen LogP contribution in [0.4, 0.5) is 0 Å². The molecular formula is C37H44N6O3Si. The van der Waals surface area contributed by atoms with Crippen LogP contribution in [0.3, 0.4) is 0 Å². The lowest BCUT2D eigenvalue weighted by Gasteiger charge is -2.16. The van der Waals surface area contributed by atoms with Gasteiger partial charge in [0.25, 0.3) is 0 Å². The summed E-state index contributed by atoms with van der Waals surface area (Å²) in [5, 5.41) is 5.58. The molecule has 10 heteroatoms. The molecule has 6 rings (SSSR count). The zero-order chi connectivity index (χ0) is 33.0. The molecule has 9 nitrogen and oxygen atoms in total. The number of aromatic nitrogens is 4. The van der Waals surface area contributed by atoms with Crippen molar-refractivity contribution in [1.82, 2.24) is 24.2 Å². The van der Waals surface area contributed by atoms with Crippen molar-refractivity contribution in [2.45, 2.75) is 64.5 Å². The van der Waals surface area contributed by atoms with E-state index in [1.807, 2.05) is 58.2 Å². The first-order chi connectivity index (χ1) is 22.7. The molecule has 2 N–H and O–H groups in total. The van der Waals surface area contributed by atoms with E-state index in [9.17, 15) is 9.59 Å². The molecule has 5 aromatic rings. The van der Waals surface area contributed by atoms with Crippen LogP contribution in [0.5, 0.6) is 0 Å². The normalized spacial score (nSPS) is 13.6. The van der Waals surface area contributed by atoms with Gasteiger partial charge < -0.3 is 15.4 Å². The molecular weight excluding hydrogens is 605 g/mol. The Balaban J connectivity index is 1.33. The summed E-state index contributed by atoms with van der Waals surface area (Å²) in [6.45, 7) is 9.80. The first-order valence-electron chi connectivity index (χ1n) is 16.6. The van der Waals surface area contributed by atoms with Gasteiger partial charge in [-0.25, -0.2) is 9.67 Å². The van der Waals surface area contributed by atoms with E-state index in [1.165, 1.54) is 0 Å². The average molecular weight is 649 g/mol. The number of fused-ring (bicyclic) bond motifs is 1. The number of nitrogens with zero attached hydrogens (tertiary/aromatic N) is 5. The van der Waals surface area contributed by atoms with Crippen molar-refractivity contribution in [2.75, 3.05) is 19.7 Å². The number of likely N-dealkylation sites (tertiary alicyclic amines) is 1. The highest BCUT2D eigenvalue weighted by Crippen LogP contribution is 2.37. The molecule has 3 aromatic carbocycles. The summed E-state index contributed by atoms with van der Waals surface area (Å²) in [6, 6.07) is 23.0. The maximum atomic E-state index is 12.9. The van der Waals surface area contributed by atoms with E-state index in [2.05, 4.69) is 53.7 Å². The van der Waals surface area contributed by atoms with Gasteiger partial charge in [-0.3, -0.25) is 14.2 Å². The van der Waals surface area contributed by atoms with Crippen LogP contribution < -0.4 is 5.73 Å². The highest BCUT2D eigenvalue weighted by Gasteiger charge is 2.23. The minimum atomic E-state index is -1.17. The van der Waals surface area contributed by atoms with Gasteiger partial charge >= 0.3 is 0 Å². The summed E-state index contributed by atoms with van der Waals surface area (Å²) in [7, 11) is -1.17. The fourth-order valence-corrected chi connectivity index (χ4v) is 6.94. The summed E-state index contributed by atoms with van der Waals surface area (Å²) in [5.74, 6) is 0.412. The first-order valence-corrected chi connectivity index (χ1v) is 20.3. The Morgan fingerprint density at radius 2 is 1.85 bits per heavy atom. The van der Waals surface area contributed by atoms with Gasteiger partial charge in [0.1, 0.15) is 12.6 Å². The Kier molecular flexibility index (Phi) is 9.70. The summed E-state index contributed by atoms with van der Waals surface area (Å²) in [6.07, 6.45) is 8.11. The number of imidazole rings is 1. The van der Waals surface area contributed by atoms with E-state index >= 15 is 0 Å². The van der Waals surface area contributed by atoms with Crippen molar-refractivity contribution >= 4 is 30.8 Å². The smallest absolute Gasteiger partial charge is 0.249 e. The topological polar surface area (TPSA) is 108 Å². The van der Waals surface area contributed by atoms with E-state index in [0.717, 1.165) is 84.8 Å². The van der Waals surface area contributed by atoms with Crippen LogP contribution in [0.15, 0.2) is 79.1 Å². The molecule has 2 aromatic heterocycles. The molecule has 0 aliphatic carbocycles. The standard InChI is InChI=1S/C37H44N6O3Si/c1-47(2,3)22-21-46-26-43-33-18-17-27(23-28(33)24-39-43)31-14-9-15-32(36(38)45)35(31)37-40-29(25-42(37)30-12-5-4-6-13-30)11-7-8-19-41-20-10-16-34(41)44/h4-6,9,12-15,17-18,23-25H,7-8,10-11,16,19-22,26H2,1-3H3,(H2,38,45). The number of rotatable bonds is 14. The van der Waals surface area contributed by atoms with Crippen molar-refractivity contribution < 1.29 is 14.3 Å². The quantitative estimate of drug-likeness (QED) is 0.104. The maximum Gasteiger partial charge on any atom is 0.249 e. The highest BCUT2D eigenvalue weighted by atomic mass is 28.3. The predicted molar refractivity (Wildman–Crippen MR) is 189 cm³/mol. The Morgan fingerprint density at radius 3 is 2.60 bits per heavy atom. The summed E-state index contributed by atoms with van der Waals surface area (Å²) in [4.78, 5) is 32.1. The van der Waals surface area contributed by atoms with Crippen LogP contribution in [0.1, 0.15) is 41.7 Å². The highest BCUT2D eigenvalue weighted by molar-refractivity contribution is 6.76. The molecule has 0 saturated carbocycles. The molecule has 1 aliphatic heterocycles. The average Bonchev–Trinajstić information content (AvgIpc) is 3.79. The van der Waals surface area contributed by atoms with Gasteiger partial charge in [-0.05, 0) is 73.2 Å². The number of primary amides is 1. The van der Waals surface area contributed by atoms with Gasteiger partial charge in [0, 0.05) is 57.0 Å². The van der Waals surface area contributed by atoms with E-state index in [1.54, 1.807) is 6.07 Å². The molecule has 0 bridgehead atoms. The number of nitrogens with two attached hydrogens (primary N) is 1. The molecule has 1 saturated heterocycles. The monoisotopic (exact) mass is 648 g/mol. The number of hydrogen-bond acceptors (Lipinski definition) is 5. The molecule has 0 atom stereocenters. The second-order valence-electron chi connectivity index (χ2n) is 13.6. The molecule has 47 heavy (non-hydrogen) atoms. The first kappa shape index (κ1) is 32.4. The van der Waals surface area contributed by atoms with Crippen LogP contribution in [-0.4, -0.2) is 63.8 Å². The Hall–Kier alpha value is -4.54. The zero-order valence-corrected chi connectivity index (χ0v) is 28.6. The Labute approximate surface area is 277 Å². The molecule has 2 amide bonds. The van der Waals surface area contributed by atoms with Crippen LogP contribution in [-0.2, 0) is 22.7 Å². The van der Waals surface area contributed by atoms with E-state index in [-0.39, 0.29) is 5.91 Å². The van der Waals surface area contributed by atoms with Crippen molar-refractivity contribution in [1.29, 1.82) is 0 Å². The number of para-hydroxylation sites is 1. The third kappa shape index (κ3) is 7.55. The zero-order valence-electron chi connectivity index (χ0n) is 27.6. The second kappa shape index (κ2) is 14.1. The molecule has 1 aliphatic rings. The predicted octanol–water partition coefficient (Wildman–Crippen LogP) is 6.91. The second-order valence-corrected chi connectivity index (χ2v) is 19.2. The number of benzene rings is 3. The fraction of sp³-hybridized carbons (Fsp3) is 0.351. The molecule has 244 valence electrons. The van der Waals surface area contributed by atoms with Gasteiger partial charge in [0.2, 0.25) is 11.8 Å². The molecule has 0 unspecified atom stereocenters. The molecule has 1 fully saturated rings. The summed E-state index contributed by atoms with van der Waals surface area (Å²) < 4.78 is 9.92. The number of ether oxygens (including phenoxy) is 1. The van der Waals surface area contributed by atoms with Crippen molar-refractivity contribution in [3.05, 3.63) is 90.4 Å². The molecule has 0 spiro atoms. The number of carbonyl (C=O) groups is 2. The number of aryl methyl sites for hydroxylation is 1. The van der Waals surface area contributed by atoms with Gasteiger partial charge in [0.15, 0.2) is 0 Å². The minimum Gasteiger partial charge on any atom is -0.366 e. The Morgan fingerprint density at radius 1 is 1.02 bits per heavy atom. The van der Waals surface area contributed by atoms with Crippen LogP contribution in [0.2, 0.25) is 25.7 Å². The third-order valence-corrected chi connectivity index (χ3v) is 10.5. The van der Waals surface area contributed by atoms with Crippen molar-refractivity contribution in [3.63, 3.8) is 0 Å². The number of hydrogen-bond donors (Lipinski definition) is 1. The van der Waals surface area contributed by atoms with Crippen LogP contribution in [0, 0.1) is 0 Å². The van der Waals surface area contributed by atoms with Gasteiger partial charge in [-0.2, -0.15) is 5.10 Å². The van der Waals surface area contributed by atoms with Crippen LogP contribution >= 0.6 is 0 Å². The lowest BCUT2D eigenvalue weighted by molar-refractivity contribution is -0.127. The van der Waals surface area contributed by atoms with E-state index in [4.69, 9.17) is 15.5 Å². The van der Waals surface area contributed by atoms with Gasteiger partial charge in [-0.15, -0.1) is 0 Å². The van der Waals surface area contributed by atoms with Gasteiger partial charge in [-0.1, -0.05) is 56.0 Å². The van der Waals surface area contributed by atoms with Crippen LogP contribution in [0.25, 0.3) is 39.1 Å². The number of unbranched alkanes of at least 4 members (excludes halogenated alkanes) is 1. The fourth-order valence-electron chi connectivity index (χ4n) is 6.19. The molecule has 0 radical (unpaired) electrons. The third-order valence-electron chi connectivity index (χ3n) is 8.79. The van der Waals surface area contributed by atoms with Crippen molar-refractivity contribution in [2.24, 2.45) is 5.73 Å². The molecule has 3 heterocycles.